The van der Waals surface area contributed by atoms with Crippen molar-refractivity contribution >= 4 is 29.8 Å². The number of benzene rings is 1. The Hall–Kier alpha value is -1.09. The van der Waals surface area contributed by atoms with Crippen LogP contribution in [0.25, 0.3) is 0 Å². The number of methoxy groups -OCH3 is 1. The predicted molar refractivity (Wildman–Crippen MR) is 211 cm³/mol. The Morgan fingerprint density at radius 2 is 1.60 bits per heavy atom. The average molecular weight is 935 g/mol. The van der Waals surface area contributed by atoms with Crippen LogP contribution in [-0.4, -0.2) is 113 Å². The molecule has 3 aliphatic carbocycles. The average Bonchev–Trinajstić information content (AvgIpc) is 3.50. The highest BCUT2D eigenvalue weighted by atomic mass is 33.1. The zero-order valence-corrected chi connectivity index (χ0v) is 36.5. The van der Waals surface area contributed by atoms with Gasteiger partial charge in [0.25, 0.3) is 0 Å². The Morgan fingerprint density at radius 3 is 2.30 bits per heavy atom. The minimum atomic E-state index is -6.75. The van der Waals surface area contributed by atoms with Crippen LogP contribution in [-0.2, 0) is 34.5 Å². The van der Waals surface area contributed by atoms with Gasteiger partial charge < -0.3 is 29.0 Å². The van der Waals surface area contributed by atoms with Crippen LogP contribution in [0.1, 0.15) is 81.8 Å². The second-order valence-electron chi connectivity index (χ2n) is 15.8. The first kappa shape index (κ1) is 51.5. The standard InChI is InChI=1S/C39H57F9NO8PS2/c1-35-14-13-31-30-10-8-29(54-20-16-49-15-4-22-59-60-23-21-53-17-3-6-27(25-52-2)26-57-58(50)51)24-28(30)7-9-32(31)33(35)11-12-34(35)55-18-5-19-56-36(37(40,41)42,38(43,44)45)39(46,47)48/h8,10,24,27,31-34,49H,3-7,9,11-23,25-26H2,1-2H3/p+1. The molecule has 3 aliphatic rings. The zero-order chi connectivity index (χ0) is 44.0. The van der Waals surface area contributed by atoms with E-state index in [4.69, 9.17) is 28.4 Å². The van der Waals surface area contributed by atoms with Crippen molar-refractivity contribution in [3.05, 3.63) is 29.3 Å². The molecule has 0 heterocycles. The quantitative estimate of drug-likeness (QED) is 0.0381. The van der Waals surface area contributed by atoms with Crippen molar-refractivity contribution in [1.82, 2.24) is 5.32 Å². The van der Waals surface area contributed by atoms with Gasteiger partial charge in [0.05, 0.1) is 25.9 Å². The first-order valence-corrected chi connectivity index (χ1v) is 24.0. The number of hydrogen-bond acceptors (Lipinski definition) is 10. The third-order valence-electron chi connectivity index (χ3n) is 12.0. The molecule has 1 aromatic rings. The number of ether oxygens (including phenoxy) is 5. The van der Waals surface area contributed by atoms with Crippen LogP contribution in [0.4, 0.5) is 39.5 Å². The Balaban J connectivity index is 1.08. The molecule has 1 aromatic carbocycles. The van der Waals surface area contributed by atoms with Crippen molar-refractivity contribution in [2.45, 2.75) is 107 Å². The molecule has 21 heteroatoms. The summed E-state index contributed by atoms with van der Waals surface area (Å²) in [5, 5.41) is 3.42. The maximum Gasteiger partial charge on any atom is 0.694 e. The van der Waals surface area contributed by atoms with Crippen LogP contribution in [0, 0.1) is 23.2 Å². The Bertz CT molecular complexity index is 1430. The lowest BCUT2D eigenvalue weighted by molar-refractivity contribution is -0.457. The fourth-order valence-corrected chi connectivity index (χ4v) is 11.4. The lowest BCUT2D eigenvalue weighted by Crippen LogP contribution is -2.67. The highest BCUT2D eigenvalue weighted by molar-refractivity contribution is 8.76. The summed E-state index contributed by atoms with van der Waals surface area (Å²) in [6.07, 6.45) is -13.4. The van der Waals surface area contributed by atoms with E-state index in [-0.39, 0.29) is 30.7 Å². The number of nitrogens with one attached hydrogen (secondary N) is 1. The highest BCUT2D eigenvalue weighted by Crippen LogP contribution is 2.62. The second-order valence-corrected chi connectivity index (χ2v) is 19.3. The van der Waals surface area contributed by atoms with Gasteiger partial charge in [-0.1, -0.05) is 34.6 Å². The molecule has 0 aliphatic heterocycles. The number of hydrogen-bond donors (Lipinski definition) is 2. The number of halogens is 9. The third kappa shape index (κ3) is 13.7. The van der Waals surface area contributed by atoms with Crippen LogP contribution in [0.5, 0.6) is 5.75 Å². The van der Waals surface area contributed by atoms with Gasteiger partial charge in [-0.3, -0.25) is 0 Å². The van der Waals surface area contributed by atoms with Gasteiger partial charge in [-0.15, -0.1) is 9.42 Å². The Labute approximate surface area is 354 Å². The molecule has 0 aromatic heterocycles. The smallest absolute Gasteiger partial charge is 0.492 e. The Morgan fingerprint density at radius 1 is 0.867 bits per heavy atom. The van der Waals surface area contributed by atoms with E-state index >= 15 is 0 Å². The first-order valence-electron chi connectivity index (χ1n) is 20.4. The van der Waals surface area contributed by atoms with Crippen molar-refractivity contribution < 1.29 is 77.2 Å². The molecule has 0 amide bonds. The molecule has 0 radical (unpaired) electrons. The molecule has 7 atom stereocenters. The van der Waals surface area contributed by atoms with Gasteiger partial charge in [0.15, 0.2) is 0 Å². The minimum Gasteiger partial charge on any atom is -0.492 e. The molecule has 4 rings (SSSR count). The van der Waals surface area contributed by atoms with Gasteiger partial charge in [-0.05, 0) is 117 Å². The van der Waals surface area contributed by atoms with Gasteiger partial charge in [-0.2, -0.15) is 39.5 Å². The van der Waals surface area contributed by atoms with Crippen molar-refractivity contribution in [3.8, 4) is 5.75 Å². The molecule has 2 N–H and O–H groups in total. The summed E-state index contributed by atoms with van der Waals surface area (Å²) in [7, 11) is 2.58. The van der Waals surface area contributed by atoms with Crippen LogP contribution in [0.15, 0.2) is 18.2 Å². The summed E-state index contributed by atoms with van der Waals surface area (Å²) in [5.41, 5.74) is -3.96. The minimum absolute atomic E-state index is 0.0565. The van der Waals surface area contributed by atoms with Gasteiger partial charge in [0, 0.05) is 48.9 Å². The van der Waals surface area contributed by atoms with Gasteiger partial charge in [0.2, 0.25) is 0 Å². The summed E-state index contributed by atoms with van der Waals surface area (Å²) in [6.45, 7) is 4.43. The van der Waals surface area contributed by atoms with Crippen molar-refractivity contribution in [2.75, 3.05) is 78.0 Å². The monoisotopic (exact) mass is 934 g/mol. The molecule has 346 valence electrons. The zero-order valence-electron chi connectivity index (χ0n) is 33.9. The molecule has 0 bridgehead atoms. The van der Waals surface area contributed by atoms with E-state index in [1.54, 1.807) is 17.9 Å². The van der Waals surface area contributed by atoms with Crippen LogP contribution in [0.2, 0.25) is 0 Å². The maximum absolute atomic E-state index is 13.2. The largest absolute Gasteiger partial charge is 0.694 e. The van der Waals surface area contributed by atoms with E-state index in [1.807, 2.05) is 16.9 Å². The first-order chi connectivity index (χ1) is 28.4. The highest BCUT2D eigenvalue weighted by Gasteiger charge is 2.85. The van der Waals surface area contributed by atoms with Crippen molar-refractivity contribution in [3.63, 3.8) is 0 Å². The van der Waals surface area contributed by atoms with Gasteiger partial charge in [-0.25, -0.2) is 0 Å². The molecule has 0 saturated heterocycles. The number of fused-ring (bicyclic) bond motifs is 5. The van der Waals surface area contributed by atoms with Gasteiger partial charge in [0.1, 0.15) is 19.0 Å². The fourth-order valence-electron chi connectivity index (χ4n) is 9.14. The normalized spacial score (nSPS) is 24.2. The second kappa shape index (κ2) is 23.7. The fraction of sp³-hybridized carbons (Fsp3) is 0.846. The van der Waals surface area contributed by atoms with Gasteiger partial charge >= 0.3 is 32.4 Å². The van der Waals surface area contributed by atoms with E-state index in [2.05, 4.69) is 29.1 Å². The van der Waals surface area contributed by atoms with E-state index < -0.39 is 45.4 Å². The van der Waals surface area contributed by atoms with Crippen molar-refractivity contribution in [2.24, 2.45) is 23.2 Å². The lowest BCUT2D eigenvalue weighted by atomic mass is 9.55. The number of rotatable bonds is 27. The maximum atomic E-state index is 13.2. The molecule has 2 fully saturated rings. The SMILES string of the molecule is COCC(CCCOCCSSCCCNCCOc1ccc2c(c1)CCC1C2CCC2(C)C(OCCCOC(C(F)(F)F)(C(F)(F)F)C(F)(F)F)CCC12)CO[P+](=O)O. The molecular weight excluding hydrogens is 877 g/mol. The van der Waals surface area contributed by atoms with Crippen LogP contribution < -0.4 is 10.1 Å². The van der Waals surface area contributed by atoms with Crippen molar-refractivity contribution in [1.29, 1.82) is 0 Å². The molecule has 0 spiro atoms. The summed E-state index contributed by atoms with van der Waals surface area (Å²) in [4.78, 5) is 8.81. The molecule has 9 nitrogen and oxygen atoms in total. The van der Waals surface area contributed by atoms with Crippen LogP contribution >= 0.6 is 29.8 Å². The summed E-state index contributed by atoms with van der Waals surface area (Å²) < 4.78 is 161. The topological polar surface area (TPSA) is 105 Å². The van der Waals surface area contributed by atoms with Crippen LogP contribution in [0.3, 0.4) is 0 Å². The summed E-state index contributed by atoms with van der Waals surface area (Å²) in [5.74, 6) is 3.80. The predicted octanol–water partition coefficient (Wildman–Crippen LogP) is 10.2. The summed E-state index contributed by atoms with van der Waals surface area (Å²) in [6, 6.07) is 6.29. The molecule has 60 heavy (non-hydrogen) atoms. The van der Waals surface area contributed by atoms with E-state index in [0.29, 0.717) is 50.6 Å². The lowest BCUT2D eigenvalue weighted by Gasteiger charge is -2.50. The Kier molecular flexibility index (Phi) is 20.4. The summed E-state index contributed by atoms with van der Waals surface area (Å²) >= 11 is 0. The number of alkyl halides is 9. The molecule has 7 unspecified atom stereocenters. The number of aryl methyl sites for hydroxylation is 1. The van der Waals surface area contributed by atoms with E-state index in [1.165, 1.54) is 11.1 Å². The molecule has 2 saturated carbocycles. The van der Waals surface area contributed by atoms with E-state index in [9.17, 15) is 44.1 Å². The third-order valence-corrected chi connectivity index (χ3v) is 14.8. The van der Waals surface area contributed by atoms with E-state index in [0.717, 1.165) is 81.7 Å². The molecular formula is C39H58F9NO8PS2+.